The summed E-state index contributed by atoms with van der Waals surface area (Å²) in [6.07, 6.45) is 0. The molecule has 21 heavy (non-hydrogen) atoms. The zero-order valence-corrected chi connectivity index (χ0v) is 12.8. The minimum absolute atomic E-state index is 0.167. The molecule has 0 radical (unpaired) electrons. The van der Waals surface area contributed by atoms with Gasteiger partial charge in [0.2, 0.25) is 10.0 Å². The number of benzene rings is 2. The molecule has 0 aliphatic carbocycles. The van der Waals surface area contributed by atoms with Crippen LogP contribution in [0.25, 0.3) is 0 Å². The molecule has 0 atom stereocenters. The minimum Gasteiger partial charge on any atom is -0.381 e. The first-order chi connectivity index (χ1) is 9.92. The zero-order valence-electron chi connectivity index (χ0n) is 11.2. The smallest absolute Gasteiger partial charge is 0.240 e. The lowest BCUT2D eigenvalue weighted by molar-refractivity contribution is 0.588. The normalized spacial score (nSPS) is 11.4. The maximum Gasteiger partial charge on any atom is 0.240 e. The lowest BCUT2D eigenvalue weighted by Gasteiger charge is -2.10. The van der Waals surface area contributed by atoms with Crippen molar-refractivity contribution >= 4 is 27.3 Å². The Morgan fingerprint density at radius 1 is 1.19 bits per heavy atom. The average molecular weight is 329 g/mol. The summed E-state index contributed by atoms with van der Waals surface area (Å²) in [5.74, 6) is -0.397. The Kier molecular flexibility index (Phi) is 4.82. The monoisotopic (exact) mass is 328 g/mol. The highest BCUT2D eigenvalue weighted by Gasteiger charge is 2.11. The van der Waals surface area contributed by atoms with Crippen molar-refractivity contribution in [3.8, 4) is 0 Å². The Balaban J connectivity index is 2.16. The van der Waals surface area contributed by atoms with E-state index in [0.717, 1.165) is 5.56 Å². The Morgan fingerprint density at radius 3 is 2.62 bits per heavy atom. The minimum atomic E-state index is -3.48. The van der Waals surface area contributed by atoms with E-state index in [2.05, 4.69) is 10.0 Å². The molecule has 0 bridgehead atoms. The lowest BCUT2D eigenvalue weighted by Crippen LogP contribution is -2.18. The van der Waals surface area contributed by atoms with Gasteiger partial charge in [0.25, 0.3) is 0 Å². The molecule has 2 aromatic carbocycles. The van der Waals surface area contributed by atoms with Crippen LogP contribution in [0.3, 0.4) is 0 Å². The van der Waals surface area contributed by atoms with Gasteiger partial charge >= 0.3 is 0 Å². The van der Waals surface area contributed by atoms with E-state index in [4.69, 9.17) is 11.6 Å². The van der Waals surface area contributed by atoms with Gasteiger partial charge in [0, 0.05) is 17.3 Å². The SMILES string of the molecule is CNS(=O)(=O)c1cccc(NCc2ccc(F)cc2Cl)c1. The second-order valence-corrected chi connectivity index (χ2v) is 6.62. The van der Waals surface area contributed by atoms with Gasteiger partial charge in [-0.05, 0) is 42.9 Å². The van der Waals surface area contributed by atoms with E-state index in [1.165, 1.54) is 31.3 Å². The van der Waals surface area contributed by atoms with Crippen LogP contribution in [0.5, 0.6) is 0 Å². The number of halogens is 2. The maximum atomic E-state index is 13.0. The second kappa shape index (κ2) is 6.43. The van der Waals surface area contributed by atoms with Gasteiger partial charge in [0.05, 0.1) is 4.90 Å². The van der Waals surface area contributed by atoms with Crippen LogP contribution in [0, 0.1) is 5.82 Å². The Morgan fingerprint density at radius 2 is 1.95 bits per heavy atom. The number of hydrogen-bond acceptors (Lipinski definition) is 3. The Hall–Kier alpha value is -1.63. The van der Waals surface area contributed by atoms with Crippen LogP contribution in [0.2, 0.25) is 5.02 Å². The van der Waals surface area contributed by atoms with E-state index in [1.807, 2.05) is 0 Å². The van der Waals surface area contributed by atoms with Gasteiger partial charge in [-0.2, -0.15) is 0 Å². The number of anilines is 1. The van der Waals surface area contributed by atoms with E-state index in [0.29, 0.717) is 17.3 Å². The van der Waals surface area contributed by atoms with E-state index in [-0.39, 0.29) is 4.90 Å². The first-order valence-electron chi connectivity index (χ1n) is 6.14. The molecule has 0 saturated heterocycles. The molecule has 4 nitrogen and oxygen atoms in total. The van der Waals surface area contributed by atoms with Crippen molar-refractivity contribution < 1.29 is 12.8 Å². The summed E-state index contributed by atoms with van der Waals surface area (Å²) in [5, 5.41) is 3.38. The molecule has 0 saturated carbocycles. The third-order valence-corrected chi connectivity index (χ3v) is 4.67. The molecule has 2 N–H and O–H groups in total. The van der Waals surface area contributed by atoms with E-state index in [9.17, 15) is 12.8 Å². The van der Waals surface area contributed by atoms with Gasteiger partial charge in [-0.25, -0.2) is 17.5 Å². The van der Waals surface area contributed by atoms with Crippen LogP contribution in [0.1, 0.15) is 5.56 Å². The fraction of sp³-hybridized carbons (Fsp3) is 0.143. The molecule has 0 aliphatic heterocycles. The highest BCUT2D eigenvalue weighted by molar-refractivity contribution is 7.89. The average Bonchev–Trinajstić information content (AvgIpc) is 2.46. The van der Waals surface area contributed by atoms with E-state index < -0.39 is 15.8 Å². The molecule has 0 fully saturated rings. The Labute approximate surface area is 128 Å². The van der Waals surface area contributed by atoms with Crippen molar-refractivity contribution in [1.82, 2.24) is 4.72 Å². The van der Waals surface area contributed by atoms with Crippen molar-refractivity contribution in [2.24, 2.45) is 0 Å². The molecular formula is C14H14ClFN2O2S. The second-order valence-electron chi connectivity index (χ2n) is 4.32. The van der Waals surface area contributed by atoms with Crippen molar-refractivity contribution in [3.63, 3.8) is 0 Å². The highest BCUT2D eigenvalue weighted by atomic mass is 35.5. The molecular weight excluding hydrogens is 315 g/mol. The summed E-state index contributed by atoms with van der Waals surface area (Å²) in [6.45, 7) is 0.363. The molecule has 0 aromatic heterocycles. The van der Waals surface area contributed by atoms with Gasteiger partial charge < -0.3 is 5.32 Å². The summed E-state index contributed by atoms with van der Waals surface area (Å²) >= 11 is 5.94. The molecule has 7 heteroatoms. The van der Waals surface area contributed by atoms with Crippen LogP contribution in [0.15, 0.2) is 47.4 Å². The number of sulfonamides is 1. The highest BCUT2D eigenvalue weighted by Crippen LogP contribution is 2.20. The summed E-state index contributed by atoms with van der Waals surface area (Å²) in [4.78, 5) is 0.167. The predicted molar refractivity (Wildman–Crippen MR) is 81.4 cm³/mol. The van der Waals surface area contributed by atoms with Gasteiger partial charge in [0.15, 0.2) is 0 Å². The zero-order chi connectivity index (χ0) is 15.5. The fourth-order valence-corrected chi connectivity index (χ4v) is 2.76. The van der Waals surface area contributed by atoms with Crippen molar-refractivity contribution in [2.75, 3.05) is 12.4 Å². The predicted octanol–water partition coefficient (Wildman–Crippen LogP) is 3.00. The van der Waals surface area contributed by atoms with Crippen LogP contribution in [0.4, 0.5) is 10.1 Å². The van der Waals surface area contributed by atoms with Crippen molar-refractivity contribution in [3.05, 3.63) is 58.9 Å². The van der Waals surface area contributed by atoms with Crippen molar-refractivity contribution in [2.45, 2.75) is 11.4 Å². The van der Waals surface area contributed by atoms with Gasteiger partial charge in [-0.3, -0.25) is 0 Å². The topological polar surface area (TPSA) is 58.2 Å². The molecule has 0 heterocycles. The summed E-state index contributed by atoms with van der Waals surface area (Å²) < 4.78 is 38.6. The molecule has 0 unspecified atom stereocenters. The molecule has 2 aromatic rings. The van der Waals surface area contributed by atoms with E-state index >= 15 is 0 Å². The quantitative estimate of drug-likeness (QED) is 0.887. The molecule has 0 aliphatic rings. The standard InChI is InChI=1S/C14H14ClFN2O2S/c1-17-21(19,20)13-4-2-3-12(8-13)18-9-10-5-6-11(16)7-14(10)15/h2-8,17-18H,9H2,1H3. The third kappa shape index (κ3) is 3.93. The number of nitrogens with one attached hydrogen (secondary N) is 2. The third-order valence-electron chi connectivity index (χ3n) is 2.91. The van der Waals surface area contributed by atoms with Crippen LogP contribution >= 0.6 is 11.6 Å². The van der Waals surface area contributed by atoms with Gasteiger partial charge in [-0.15, -0.1) is 0 Å². The Bertz CT molecular complexity index is 750. The first kappa shape index (κ1) is 15.8. The van der Waals surface area contributed by atoms with Gasteiger partial charge in [-0.1, -0.05) is 23.7 Å². The summed E-state index contributed by atoms with van der Waals surface area (Å²) in [7, 11) is -2.13. The lowest BCUT2D eigenvalue weighted by atomic mass is 10.2. The fourth-order valence-electron chi connectivity index (χ4n) is 1.75. The molecule has 0 amide bonds. The molecule has 2 rings (SSSR count). The van der Waals surface area contributed by atoms with Crippen LogP contribution < -0.4 is 10.0 Å². The van der Waals surface area contributed by atoms with Crippen LogP contribution in [-0.2, 0) is 16.6 Å². The summed E-state index contributed by atoms with van der Waals surface area (Å²) in [6, 6.07) is 10.5. The molecule has 0 spiro atoms. The van der Waals surface area contributed by atoms with E-state index in [1.54, 1.807) is 18.2 Å². The number of hydrogen-bond donors (Lipinski definition) is 2. The summed E-state index contributed by atoms with van der Waals surface area (Å²) in [5.41, 5.74) is 1.35. The largest absolute Gasteiger partial charge is 0.381 e. The molecule has 112 valence electrons. The van der Waals surface area contributed by atoms with Crippen LogP contribution in [-0.4, -0.2) is 15.5 Å². The maximum absolute atomic E-state index is 13.0. The van der Waals surface area contributed by atoms with Crippen molar-refractivity contribution in [1.29, 1.82) is 0 Å². The first-order valence-corrected chi connectivity index (χ1v) is 8.00. The number of rotatable bonds is 5. The van der Waals surface area contributed by atoms with Gasteiger partial charge in [0.1, 0.15) is 5.82 Å².